The van der Waals surface area contributed by atoms with Crippen LogP contribution in [0.4, 0.5) is 0 Å². The SMILES string of the molecule is CC1CC2C(=O)N(C3CCCC([C@H](C)CC4NNCN4C)C3)CC2C(C2CC2)N1. The minimum Gasteiger partial charge on any atom is -0.339 e. The molecule has 3 heterocycles. The van der Waals surface area contributed by atoms with Crippen LogP contribution in [0.25, 0.3) is 0 Å². The Kier molecular flexibility index (Phi) is 5.65. The van der Waals surface area contributed by atoms with Crippen molar-refractivity contribution < 1.29 is 4.79 Å². The predicted molar refractivity (Wildman–Crippen MR) is 115 cm³/mol. The fraction of sp³-hybridized carbons (Fsp3) is 0.957. The van der Waals surface area contributed by atoms with E-state index in [-0.39, 0.29) is 5.92 Å². The van der Waals surface area contributed by atoms with Crippen LogP contribution < -0.4 is 16.2 Å². The van der Waals surface area contributed by atoms with Crippen LogP contribution in [0, 0.1) is 29.6 Å². The van der Waals surface area contributed by atoms with Crippen molar-refractivity contribution in [1.82, 2.24) is 26.0 Å². The summed E-state index contributed by atoms with van der Waals surface area (Å²) < 4.78 is 0. The Morgan fingerprint density at radius 1 is 1.17 bits per heavy atom. The molecule has 2 aliphatic carbocycles. The van der Waals surface area contributed by atoms with Gasteiger partial charge in [0.05, 0.1) is 12.8 Å². The quantitative estimate of drug-likeness (QED) is 0.657. The Morgan fingerprint density at radius 2 is 2.00 bits per heavy atom. The van der Waals surface area contributed by atoms with Gasteiger partial charge in [0.25, 0.3) is 0 Å². The molecule has 3 N–H and O–H groups in total. The van der Waals surface area contributed by atoms with E-state index in [0.29, 0.717) is 42.0 Å². The molecule has 29 heavy (non-hydrogen) atoms. The third-order valence-corrected chi connectivity index (χ3v) is 8.86. The van der Waals surface area contributed by atoms with Gasteiger partial charge in [-0.25, -0.2) is 10.9 Å². The van der Waals surface area contributed by atoms with E-state index in [2.05, 4.69) is 46.9 Å². The molecule has 3 aliphatic heterocycles. The lowest BCUT2D eigenvalue weighted by Gasteiger charge is -2.39. The lowest BCUT2D eigenvalue weighted by Crippen LogP contribution is -2.51. The second kappa shape index (κ2) is 8.10. The van der Waals surface area contributed by atoms with Gasteiger partial charge in [-0.05, 0) is 70.3 Å². The van der Waals surface area contributed by atoms with E-state index in [1.807, 2.05) is 0 Å². The molecule has 164 valence electrons. The van der Waals surface area contributed by atoms with Crippen LogP contribution in [-0.4, -0.2) is 60.3 Å². The zero-order chi connectivity index (χ0) is 20.1. The van der Waals surface area contributed by atoms with Gasteiger partial charge in [-0.15, -0.1) is 0 Å². The lowest BCUT2D eigenvalue weighted by atomic mass is 9.76. The highest BCUT2D eigenvalue weighted by atomic mass is 16.2. The Bertz CT molecular complexity index is 610. The molecule has 0 aromatic heterocycles. The number of piperidine rings is 1. The molecule has 5 fully saturated rings. The number of amides is 1. The van der Waals surface area contributed by atoms with Crippen molar-refractivity contribution >= 4 is 5.91 Å². The van der Waals surface area contributed by atoms with Gasteiger partial charge in [-0.2, -0.15) is 0 Å². The first kappa shape index (κ1) is 20.2. The largest absolute Gasteiger partial charge is 0.339 e. The van der Waals surface area contributed by atoms with Crippen molar-refractivity contribution in [2.75, 3.05) is 20.3 Å². The molecule has 1 amide bonds. The Labute approximate surface area is 176 Å². The Morgan fingerprint density at radius 3 is 2.72 bits per heavy atom. The van der Waals surface area contributed by atoms with Gasteiger partial charge in [-0.3, -0.25) is 9.69 Å². The number of carbonyl (C=O) groups excluding carboxylic acids is 1. The fourth-order valence-electron chi connectivity index (χ4n) is 6.94. The highest BCUT2D eigenvalue weighted by Gasteiger charge is 2.53. The van der Waals surface area contributed by atoms with E-state index in [9.17, 15) is 4.79 Å². The van der Waals surface area contributed by atoms with Crippen molar-refractivity contribution in [3.8, 4) is 0 Å². The number of nitrogens with zero attached hydrogens (tertiary/aromatic N) is 2. The lowest BCUT2D eigenvalue weighted by molar-refractivity contribution is -0.134. The van der Waals surface area contributed by atoms with Gasteiger partial charge in [-0.1, -0.05) is 19.8 Å². The zero-order valence-electron chi connectivity index (χ0n) is 18.6. The monoisotopic (exact) mass is 403 g/mol. The normalized spacial score (nSPS) is 44.9. The highest BCUT2D eigenvalue weighted by molar-refractivity contribution is 5.82. The van der Waals surface area contributed by atoms with E-state index in [0.717, 1.165) is 31.5 Å². The number of likely N-dealkylation sites (tertiary alicyclic amines) is 1. The first-order chi connectivity index (χ1) is 14.0. The van der Waals surface area contributed by atoms with E-state index >= 15 is 0 Å². The number of nitrogens with one attached hydrogen (secondary N) is 3. The molecule has 6 nitrogen and oxygen atoms in total. The maximum absolute atomic E-state index is 13.4. The fourth-order valence-corrected chi connectivity index (χ4v) is 6.94. The topological polar surface area (TPSA) is 59.6 Å². The summed E-state index contributed by atoms with van der Waals surface area (Å²) in [6.07, 6.45) is 10.4. The van der Waals surface area contributed by atoms with Crippen LogP contribution in [0.1, 0.15) is 65.2 Å². The number of hydrogen-bond donors (Lipinski definition) is 3. The van der Waals surface area contributed by atoms with E-state index in [4.69, 9.17) is 0 Å². The highest BCUT2D eigenvalue weighted by Crippen LogP contribution is 2.46. The van der Waals surface area contributed by atoms with E-state index in [1.165, 1.54) is 44.9 Å². The summed E-state index contributed by atoms with van der Waals surface area (Å²) in [4.78, 5) is 18.2. The van der Waals surface area contributed by atoms with Gasteiger partial charge < -0.3 is 10.2 Å². The minimum absolute atomic E-state index is 0.289. The molecular weight excluding hydrogens is 362 g/mol. The van der Waals surface area contributed by atoms with Crippen LogP contribution in [0.2, 0.25) is 0 Å². The number of rotatable bonds is 5. The van der Waals surface area contributed by atoms with Crippen LogP contribution >= 0.6 is 0 Å². The summed E-state index contributed by atoms with van der Waals surface area (Å²) in [5.41, 5.74) is 6.67. The third-order valence-electron chi connectivity index (χ3n) is 8.86. The molecule has 0 bridgehead atoms. The molecule has 7 unspecified atom stereocenters. The number of fused-ring (bicyclic) bond motifs is 1. The molecule has 3 saturated heterocycles. The first-order valence-corrected chi connectivity index (χ1v) is 12.3. The van der Waals surface area contributed by atoms with Crippen LogP contribution in [0.15, 0.2) is 0 Å². The van der Waals surface area contributed by atoms with Crippen molar-refractivity contribution in [2.24, 2.45) is 29.6 Å². The van der Waals surface area contributed by atoms with Gasteiger partial charge in [0.2, 0.25) is 5.91 Å². The molecule has 6 heteroatoms. The predicted octanol–water partition coefficient (Wildman–Crippen LogP) is 2.13. The summed E-state index contributed by atoms with van der Waals surface area (Å²) in [6.45, 7) is 6.65. The summed E-state index contributed by atoms with van der Waals surface area (Å²) in [7, 11) is 2.18. The molecular formula is C23H41N5O. The number of carbonyl (C=O) groups is 1. The minimum atomic E-state index is 0.289. The maximum Gasteiger partial charge on any atom is 0.226 e. The number of hydrazine groups is 1. The molecule has 2 saturated carbocycles. The van der Waals surface area contributed by atoms with Crippen molar-refractivity contribution in [2.45, 2.75) is 89.5 Å². The molecule has 0 aromatic carbocycles. The standard InChI is InChI=1S/C23H41N5O/c1-14(9-21-26-24-13-27(21)3)17-5-4-6-18(11-17)28-12-20-19(23(28)29)10-15(2)25-22(20)16-7-8-16/h14-22,24-26H,4-13H2,1-3H3/t14-,15?,17?,18?,19?,20?,21?,22?/m1/s1. The Hall–Kier alpha value is -0.690. The Balaban J connectivity index is 1.23. The van der Waals surface area contributed by atoms with Crippen LogP contribution in [-0.2, 0) is 4.79 Å². The average molecular weight is 404 g/mol. The summed E-state index contributed by atoms with van der Waals surface area (Å²) in [6, 6.07) is 1.57. The molecule has 0 aromatic rings. The average Bonchev–Trinajstić information content (AvgIpc) is 3.41. The van der Waals surface area contributed by atoms with Gasteiger partial charge in [0, 0.05) is 36.5 Å². The molecule has 0 spiro atoms. The van der Waals surface area contributed by atoms with Crippen molar-refractivity contribution in [3.05, 3.63) is 0 Å². The summed E-state index contributed by atoms with van der Waals surface area (Å²) in [5.74, 6) is 3.62. The second-order valence-electron chi connectivity index (χ2n) is 11.0. The molecule has 0 radical (unpaired) electrons. The second-order valence-corrected chi connectivity index (χ2v) is 11.0. The van der Waals surface area contributed by atoms with Crippen LogP contribution in [0.3, 0.4) is 0 Å². The molecule has 8 atom stereocenters. The zero-order valence-corrected chi connectivity index (χ0v) is 18.6. The van der Waals surface area contributed by atoms with Gasteiger partial charge in [0.15, 0.2) is 0 Å². The smallest absolute Gasteiger partial charge is 0.226 e. The van der Waals surface area contributed by atoms with Gasteiger partial charge >= 0.3 is 0 Å². The van der Waals surface area contributed by atoms with Crippen LogP contribution in [0.5, 0.6) is 0 Å². The van der Waals surface area contributed by atoms with Crippen molar-refractivity contribution in [3.63, 3.8) is 0 Å². The molecule has 5 aliphatic rings. The van der Waals surface area contributed by atoms with Crippen molar-refractivity contribution in [1.29, 1.82) is 0 Å². The van der Waals surface area contributed by atoms with Gasteiger partial charge in [0.1, 0.15) is 0 Å². The summed E-state index contributed by atoms with van der Waals surface area (Å²) >= 11 is 0. The maximum atomic E-state index is 13.4. The van der Waals surface area contributed by atoms with E-state index in [1.54, 1.807) is 0 Å². The molecule has 5 rings (SSSR count). The first-order valence-electron chi connectivity index (χ1n) is 12.3. The van der Waals surface area contributed by atoms with E-state index < -0.39 is 0 Å². The third kappa shape index (κ3) is 3.98. The number of hydrogen-bond acceptors (Lipinski definition) is 5. The summed E-state index contributed by atoms with van der Waals surface area (Å²) in [5, 5.41) is 3.87.